The molecule has 0 saturated heterocycles. The SMILES string of the molecule is CCOC(=O)Cn1cc(Br)cc1C=O. The van der Waals surface area contributed by atoms with E-state index in [1.54, 1.807) is 19.2 Å². The lowest BCUT2D eigenvalue weighted by Gasteiger charge is -2.04. The van der Waals surface area contributed by atoms with Crippen molar-refractivity contribution in [1.82, 2.24) is 4.57 Å². The van der Waals surface area contributed by atoms with Crippen molar-refractivity contribution in [2.45, 2.75) is 13.5 Å². The molecule has 1 aromatic rings. The maximum Gasteiger partial charge on any atom is 0.325 e. The molecule has 0 bridgehead atoms. The summed E-state index contributed by atoms with van der Waals surface area (Å²) in [7, 11) is 0. The molecule has 0 spiro atoms. The van der Waals surface area contributed by atoms with E-state index in [2.05, 4.69) is 15.9 Å². The zero-order valence-electron chi connectivity index (χ0n) is 7.70. The van der Waals surface area contributed by atoms with Crippen LogP contribution in [-0.4, -0.2) is 23.4 Å². The van der Waals surface area contributed by atoms with Gasteiger partial charge in [-0.3, -0.25) is 9.59 Å². The van der Waals surface area contributed by atoms with Crippen molar-refractivity contribution < 1.29 is 14.3 Å². The number of aldehydes is 1. The van der Waals surface area contributed by atoms with E-state index in [4.69, 9.17) is 4.74 Å². The molecule has 1 rings (SSSR count). The van der Waals surface area contributed by atoms with Gasteiger partial charge >= 0.3 is 5.97 Å². The molecular weight excluding hydrogens is 250 g/mol. The van der Waals surface area contributed by atoms with Gasteiger partial charge < -0.3 is 9.30 Å². The van der Waals surface area contributed by atoms with Gasteiger partial charge in [0, 0.05) is 10.7 Å². The molecule has 0 amide bonds. The molecule has 0 radical (unpaired) electrons. The van der Waals surface area contributed by atoms with Crippen molar-refractivity contribution in [2.24, 2.45) is 0 Å². The fourth-order valence-corrected chi connectivity index (χ4v) is 1.55. The van der Waals surface area contributed by atoms with Crippen LogP contribution in [0.1, 0.15) is 17.4 Å². The molecule has 0 aliphatic carbocycles. The number of ether oxygens (including phenoxy) is 1. The average molecular weight is 260 g/mol. The summed E-state index contributed by atoms with van der Waals surface area (Å²) in [5, 5.41) is 0. The van der Waals surface area contributed by atoms with Crippen molar-refractivity contribution >= 4 is 28.2 Å². The predicted octanol–water partition coefficient (Wildman–Crippen LogP) is 1.63. The van der Waals surface area contributed by atoms with Crippen molar-refractivity contribution in [3.05, 3.63) is 22.4 Å². The van der Waals surface area contributed by atoms with Gasteiger partial charge in [0.25, 0.3) is 0 Å². The van der Waals surface area contributed by atoms with Gasteiger partial charge in [-0.2, -0.15) is 0 Å². The number of aromatic nitrogens is 1. The highest BCUT2D eigenvalue weighted by atomic mass is 79.9. The Hall–Kier alpha value is -1.10. The monoisotopic (exact) mass is 259 g/mol. The van der Waals surface area contributed by atoms with Gasteiger partial charge in [0.15, 0.2) is 6.29 Å². The third kappa shape index (κ3) is 2.70. The summed E-state index contributed by atoms with van der Waals surface area (Å²) < 4.78 is 7.07. The van der Waals surface area contributed by atoms with Crippen molar-refractivity contribution in [3.63, 3.8) is 0 Å². The van der Waals surface area contributed by atoms with E-state index in [-0.39, 0.29) is 12.5 Å². The van der Waals surface area contributed by atoms with Crippen LogP contribution in [0, 0.1) is 0 Å². The Labute approximate surface area is 90.0 Å². The molecule has 14 heavy (non-hydrogen) atoms. The minimum Gasteiger partial charge on any atom is -0.465 e. The Morgan fingerprint density at radius 2 is 2.43 bits per heavy atom. The van der Waals surface area contributed by atoms with Crippen LogP contribution in [0.15, 0.2) is 16.7 Å². The lowest BCUT2D eigenvalue weighted by atomic mass is 10.4. The molecule has 4 nitrogen and oxygen atoms in total. The topological polar surface area (TPSA) is 48.3 Å². The first kappa shape index (κ1) is 11.0. The number of esters is 1. The highest BCUT2D eigenvalue weighted by Crippen LogP contribution is 2.13. The Kier molecular flexibility index (Phi) is 3.88. The van der Waals surface area contributed by atoms with Gasteiger partial charge in [-0.05, 0) is 28.9 Å². The standard InChI is InChI=1S/C9H10BrNO3/c1-2-14-9(13)5-11-4-7(10)3-8(11)6-12/h3-4,6H,2,5H2,1H3. The van der Waals surface area contributed by atoms with E-state index >= 15 is 0 Å². The molecule has 0 saturated carbocycles. The first-order valence-electron chi connectivity index (χ1n) is 4.14. The first-order chi connectivity index (χ1) is 6.67. The number of carbonyl (C=O) groups excluding carboxylic acids is 2. The van der Waals surface area contributed by atoms with Crippen molar-refractivity contribution in [3.8, 4) is 0 Å². The number of rotatable bonds is 4. The lowest BCUT2D eigenvalue weighted by Crippen LogP contribution is -2.14. The minimum atomic E-state index is -0.348. The van der Waals surface area contributed by atoms with E-state index in [1.807, 2.05) is 0 Å². The summed E-state index contributed by atoms with van der Waals surface area (Å²) in [6.45, 7) is 2.15. The fourth-order valence-electron chi connectivity index (χ4n) is 1.07. The van der Waals surface area contributed by atoms with Crippen LogP contribution in [0.5, 0.6) is 0 Å². The van der Waals surface area contributed by atoms with Crippen LogP contribution in [0.2, 0.25) is 0 Å². The molecule has 0 atom stereocenters. The summed E-state index contributed by atoms with van der Waals surface area (Å²) in [6, 6.07) is 1.65. The number of nitrogens with zero attached hydrogens (tertiary/aromatic N) is 1. The quantitative estimate of drug-likeness (QED) is 0.610. The number of halogens is 1. The third-order valence-corrected chi connectivity index (χ3v) is 2.06. The Morgan fingerprint density at radius 1 is 1.71 bits per heavy atom. The molecule has 0 aliphatic heterocycles. The maximum atomic E-state index is 11.1. The number of hydrogen-bond donors (Lipinski definition) is 0. The Morgan fingerprint density at radius 3 is 3.00 bits per heavy atom. The van der Waals surface area contributed by atoms with Crippen LogP contribution in [0.25, 0.3) is 0 Å². The highest BCUT2D eigenvalue weighted by Gasteiger charge is 2.08. The van der Waals surface area contributed by atoms with E-state index in [9.17, 15) is 9.59 Å². The van der Waals surface area contributed by atoms with Crippen LogP contribution >= 0.6 is 15.9 Å². The second kappa shape index (κ2) is 4.95. The first-order valence-corrected chi connectivity index (χ1v) is 4.93. The second-order valence-corrected chi connectivity index (χ2v) is 3.55. The average Bonchev–Trinajstić information content (AvgIpc) is 2.46. The lowest BCUT2D eigenvalue weighted by molar-refractivity contribution is -0.143. The molecule has 0 unspecified atom stereocenters. The molecule has 1 heterocycles. The van der Waals surface area contributed by atoms with E-state index in [0.29, 0.717) is 18.6 Å². The number of carbonyl (C=O) groups is 2. The highest BCUT2D eigenvalue weighted by molar-refractivity contribution is 9.10. The molecule has 0 aromatic carbocycles. The fraction of sp³-hybridized carbons (Fsp3) is 0.333. The van der Waals surface area contributed by atoms with Gasteiger partial charge in [-0.25, -0.2) is 0 Å². The molecule has 0 N–H and O–H groups in total. The predicted molar refractivity (Wildman–Crippen MR) is 54.2 cm³/mol. The zero-order chi connectivity index (χ0) is 10.6. The van der Waals surface area contributed by atoms with Crippen LogP contribution in [0.3, 0.4) is 0 Å². The molecular formula is C9H10BrNO3. The van der Waals surface area contributed by atoms with Gasteiger partial charge in [-0.1, -0.05) is 0 Å². The Balaban J connectivity index is 2.74. The smallest absolute Gasteiger partial charge is 0.325 e. The van der Waals surface area contributed by atoms with Gasteiger partial charge in [-0.15, -0.1) is 0 Å². The Bertz CT molecular complexity index is 346. The van der Waals surface area contributed by atoms with Crippen LogP contribution in [-0.2, 0) is 16.1 Å². The summed E-state index contributed by atoms with van der Waals surface area (Å²) in [4.78, 5) is 21.7. The minimum absolute atomic E-state index is 0.0630. The zero-order valence-corrected chi connectivity index (χ0v) is 9.28. The van der Waals surface area contributed by atoms with Crippen LogP contribution in [0.4, 0.5) is 0 Å². The molecule has 0 fully saturated rings. The second-order valence-electron chi connectivity index (χ2n) is 2.63. The van der Waals surface area contributed by atoms with E-state index in [0.717, 1.165) is 4.47 Å². The van der Waals surface area contributed by atoms with Crippen molar-refractivity contribution in [1.29, 1.82) is 0 Å². The molecule has 0 aliphatic rings. The largest absolute Gasteiger partial charge is 0.465 e. The van der Waals surface area contributed by atoms with Crippen LogP contribution < -0.4 is 0 Å². The summed E-state index contributed by atoms with van der Waals surface area (Å²) in [5.74, 6) is -0.348. The number of hydrogen-bond acceptors (Lipinski definition) is 3. The van der Waals surface area contributed by atoms with Crippen molar-refractivity contribution in [2.75, 3.05) is 6.61 Å². The molecule has 1 aromatic heterocycles. The maximum absolute atomic E-state index is 11.1. The van der Waals surface area contributed by atoms with Gasteiger partial charge in [0.2, 0.25) is 0 Å². The van der Waals surface area contributed by atoms with Gasteiger partial charge in [0.1, 0.15) is 6.54 Å². The molecule has 5 heteroatoms. The van der Waals surface area contributed by atoms with E-state index in [1.165, 1.54) is 4.57 Å². The normalized spacial score (nSPS) is 9.86. The third-order valence-electron chi connectivity index (χ3n) is 1.62. The van der Waals surface area contributed by atoms with Gasteiger partial charge in [0.05, 0.1) is 12.3 Å². The molecule has 76 valence electrons. The summed E-state index contributed by atoms with van der Waals surface area (Å²) in [6.07, 6.45) is 2.37. The summed E-state index contributed by atoms with van der Waals surface area (Å²) >= 11 is 3.22. The summed E-state index contributed by atoms with van der Waals surface area (Å²) in [5.41, 5.74) is 0.449. The van der Waals surface area contributed by atoms with E-state index < -0.39 is 0 Å².